The molecule has 0 saturated heterocycles. The second-order valence-corrected chi connectivity index (χ2v) is 3.46. The normalized spacial score (nSPS) is 9.88. The number of nitriles is 2. The highest BCUT2D eigenvalue weighted by Gasteiger charge is 2.21. The van der Waals surface area contributed by atoms with Gasteiger partial charge in [-0.05, 0) is 5.56 Å². The van der Waals surface area contributed by atoms with Crippen molar-refractivity contribution in [1.82, 2.24) is 4.98 Å². The van der Waals surface area contributed by atoms with Gasteiger partial charge >= 0.3 is 0 Å². The smallest absolute Gasteiger partial charge is 0.259 e. The van der Waals surface area contributed by atoms with E-state index < -0.39 is 12.0 Å². The van der Waals surface area contributed by atoms with E-state index in [4.69, 9.17) is 10.5 Å². The number of rotatable bonds is 3. The molecule has 0 radical (unpaired) electrons. The van der Waals surface area contributed by atoms with Gasteiger partial charge in [-0.3, -0.25) is 4.98 Å². The van der Waals surface area contributed by atoms with Crippen LogP contribution in [0.5, 0.6) is 0 Å². The Labute approximate surface area is 99.5 Å². The standard InChI is InChI=1S/C10H6BrF2N3/c11-3-6-5-16-8(1-2-14)9(10(12)13)7(6)4-15/h5,10H,1,3H2. The Morgan fingerprint density at radius 3 is 2.56 bits per heavy atom. The molecule has 0 saturated carbocycles. The van der Waals surface area contributed by atoms with Crippen molar-refractivity contribution in [2.75, 3.05) is 0 Å². The zero-order valence-corrected chi connectivity index (χ0v) is 9.63. The van der Waals surface area contributed by atoms with Gasteiger partial charge < -0.3 is 0 Å². The largest absolute Gasteiger partial charge is 0.266 e. The molecule has 1 heterocycles. The molecular formula is C10H6BrF2N3. The summed E-state index contributed by atoms with van der Waals surface area (Å²) in [6.07, 6.45) is -1.69. The van der Waals surface area contributed by atoms with E-state index in [0.717, 1.165) is 0 Å². The van der Waals surface area contributed by atoms with Crippen molar-refractivity contribution < 1.29 is 8.78 Å². The number of halogens is 3. The molecule has 6 heteroatoms. The van der Waals surface area contributed by atoms with Gasteiger partial charge in [0, 0.05) is 11.5 Å². The van der Waals surface area contributed by atoms with Crippen LogP contribution in [-0.4, -0.2) is 4.98 Å². The number of alkyl halides is 3. The highest BCUT2D eigenvalue weighted by Crippen LogP contribution is 2.28. The van der Waals surface area contributed by atoms with Crippen molar-refractivity contribution in [3.63, 3.8) is 0 Å². The maximum Gasteiger partial charge on any atom is 0.266 e. The molecule has 0 aliphatic heterocycles. The van der Waals surface area contributed by atoms with E-state index in [9.17, 15) is 8.78 Å². The van der Waals surface area contributed by atoms with Crippen LogP contribution in [0.15, 0.2) is 6.20 Å². The molecule has 16 heavy (non-hydrogen) atoms. The van der Waals surface area contributed by atoms with E-state index in [1.54, 1.807) is 12.1 Å². The zero-order valence-electron chi connectivity index (χ0n) is 8.04. The molecule has 1 aromatic heterocycles. The van der Waals surface area contributed by atoms with Crippen molar-refractivity contribution in [3.05, 3.63) is 28.6 Å². The summed E-state index contributed by atoms with van der Waals surface area (Å²) in [7, 11) is 0. The molecule has 0 amide bonds. The Morgan fingerprint density at radius 1 is 1.44 bits per heavy atom. The third-order valence-electron chi connectivity index (χ3n) is 2.00. The number of nitrogens with zero attached hydrogens (tertiary/aromatic N) is 3. The zero-order chi connectivity index (χ0) is 12.1. The molecule has 0 aliphatic rings. The van der Waals surface area contributed by atoms with Gasteiger partial charge in [-0.25, -0.2) is 8.78 Å². The molecule has 0 atom stereocenters. The Morgan fingerprint density at radius 2 is 2.12 bits per heavy atom. The van der Waals surface area contributed by atoms with E-state index in [1.807, 2.05) is 0 Å². The second-order valence-electron chi connectivity index (χ2n) is 2.90. The number of pyridine rings is 1. The molecule has 1 rings (SSSR count). The number of hydrogen-bond acceptors (Lipinski definition) is 3. The number of hydrogen-bond donors (Lipinski definition) is 0. The van der Waals surface area contributed by atoms with Crippen LogP contribution < -0.4 is 0 Å². The van der Waals surface area contributed by atoms with Crippen molar-refractivity contribution >= 4 is 15.9 Å². The molecule has 0 bridgehead atoms. The number of aromatic nitrogens is 1. The first-order valence-corrected chi connectivity index (χ1v) is 5.39. The molecule has 1 aromatic rings. The van der Waals surface area contributed by atoms with E-state index >= 15 is 0 Å². The molecule has 0 unspecified atom stereocenters. The summed E-state index contributed by atoms with van der Waals surface area (Å²) in [5.41, 5.74) is -0.147. The van der Waals surface area contributed by atoms with Crippen molar-refractivity contribution in [1.29, 1.82) is 10.5 Å². The summed E-state index contributed by atoms with van der Waals surface area (Å²) in [6.45, 7) is 0. The molecule has 3 nitrogen and oxygen atoms in total. The fourth-order valence-corrected chi connectivity index (χ4v) is 1.72. The summed E-state index contributed by atoms with van der Waals surface area (Å²) < 4.78 is 25.6. The molecular weight excluding hydrogens is 280 g/mol. The lowest BCUT2D eigenvalue weighted by Crippen LogP contribution is -2.04. The molecule has 0 N–H and O–H groups in total. The molecule has 0 spiro atoms. The Bertz CT molecular complexity index is 474. The van der Waals surface area contributed by atoms with E-state index in [1.165, 1.54) is 6.20 Å². The van der Waals surface area contributed by atoms with Gasteiger partial charge in [0.15, 0.2) is 0 Å². The maximum atomic E-state index is 12.8. The average molecular weight is 286 g/mol. The lowest BCUT2D eigenvalue weighted by atomic mass is 10.0. The van der Waals surface area contributed by atoms with Gasteiger partial charge in [-0.15, -0.1) is 0 Å². The summed E-state index contributed by atoms with van der Waals surface area (Å²) >= 11 is 3.09. The van der Waals surface area contributed by atoms with Crippen molar-refractivity contribution in [2.24, 2.45) is 0 Å². The van der Waals surface area contributed by atoms with Crippen LogP contribution in [0.25, 0.3) is 0 Å². The van der Waals surface area contributed by atoms with Crippen molar-refractivity contribution in [2.45, 2.75) is 18.2 Å². The highest BCUT2D eigenvalue weighted by atomic mass is 79.9. The van der Waals surface area contributed by atoms with Gasteiger partial charge in [0.05, 0.1) is 29.3 Å². The van der Waals surface area contributed by atoms with Gasteiger partial charge in [-0.1, -0.05) is 15.9 Å². The van der Waals surface area contributed by atoms with Crippen LogP contribution >= 0.6 is 15.9 Å². The SMILES string of the molecule is N#CCc1ncc(CBr)c(C#N)c1C(F)F. The summed E-state index contributed by atoms with van der Waals surface area (Å²) in [4.78, 5) is 3.79. The van der Waals surface area contributed by atoms with Crippen LogP contribution in [0.3, 0.4) is 0 Å². The van der Waals surface area contributed by atoms with Crippen molar-refractivity contribution in [3.8, 4) is 12.1 Å². The molecule has 0 aromatic carbocycles. The average Bonchev–Trinajstić information content (AvgIpc) is 2.28. The minimum atomic E-state index is -2.80. The Hall–Kier alpha value is -1.53. The minimum Gasteiger partial charge on any atom is -0.259 e. The van der Waals surface area contributed by atoms with Crippen LogP contribution in [0, 0.1) is 22.7 Å². The topological polar surface area (TPSA) is 60.5 Å². The Kier molecular flexibility index (Phi) is 4.33. The lowest BCUT2D eigenvalue weighted by molar-refractivity contribution is 0.149. The minimum absolute atomic E-state index is 0.0289. The lowest BCUT2D eigenvalue weighted by Gasteiger charge is -2.10. The predicted octanol–water partition coefficient (Wildman–Crippen LogP) is 2.85. The third-order valence-corrected chi connectivity index (χ3v) is 2.60. The first-order chi connectivity index (χ1) is 7.65. The third kappa shape index (κ3) is 2.34. The first kappa shape index (κ1) is 12.5. The van der Waals surface area contributed by atoms with Crippen LogP contribution in [0.2, 0.25) is 0 Å². The van der Waals surface area contributed by atoms with Gasteiger partial charge in [0.25, 0.3) is 6.43 Å². The summed E-state index contributed by atoms with van der Waals surface area (Å²) in [5, 5.41) is 17.6. The van der Waals surface area contributed by atoms with Crippen LogP contribution in [0.4, 0.5) is 8.78 Å². The fraction of sp³-hybridized carbons (Fsp3) is 0.300. The van der Waals surface area contributed by atoms with Gasteiger partial charge in [-0.2, -0.15) is 10.5 Å². The fourth-order valence-electron chi connectivity index (χ4n) is 1.29. The quantitative estimate of drug-likeness (QED) is 0.803. The van der Waals surface area contributed by atoms with E-state index in [0.29, 0.717) is 5.56 Å². The molecule has 82 valence electrons. The molecule has 0 fully saturated rings. The van der Waals surface area contributed by atoms with Crippen LogP contribution in [-0.2, 0) is 11.8 Å². The predicted molar refractivity (Wildman–Crippen MR) is 55.9 cm³/mol. The van der Waals surface area contributed by atoms with E-state index in [2.05, 4.69) is 20.9 Å². The van der Waals surface area contributed by atoms with Gasteiger partial charge in [0.1, 0.15) is 6.07 Å². The maximum absolute atomic E-state index is 12.8. The Balaban J connectivity index is 3.47. The van der Waals surface area contributed by atoms with Crippen LogP contribution in [0.1, 0.15) is 28.8 Å². The summed E-state index contributed by atoms with van der Waals surface area (Å²) in [5.74, 6) is 0. The molecule has 0 aliphatic carbocycles. The van der Waals surface area contributed by atoms with E-state index in [-0.39, 0.29) is 23.0 Å². The highest BCUT2D eigenvalue weighted by molar-refractivity contribution is 9.08. The second kappa shape index (κ2) is 5.53. The first-order valence-electron chi connectivity index (χ1n) is 4.27. The monoisotopic (exact) mass is 285 g/mol. The summed E-state index contributed by atoms with van der Waals surface area (Å²) in [6, 6.07) is 3.49. The van der Waals surface area contributed by atoms with Gasteiger partial charge in [0.2, 0.25) is 0 Å².